The normalized spacial score (nSPS) is 18.7. The van der Waals surface area contributed by atoms with Gasteiger partial charge < -0.3 is 20.4 Å². The van der Waals surface area contributed by atoms with Crippen LogP contribution in [-0.2, 0) is 0 Å². The molecule has 31 heavy (non-hydrogen) atoms. The van der Waals surface area contributed by atoms with Crippen molar-refractivity contribution in [2.45, 2.75) is 45.6 Å². The Balaban J connectivity index is 1.61. The molecule has 2 aromatic heterocycles. The summed E-state index contributed by atoms with van der Waals surface area (Å²) in [6.45, 7) is 4.60. The van der Waals surface area contributed by atoms with E-state index in [9.17, 15) is 4.79 Å². The van der Waals surface area contributed by atoms with Crippen molar-refractivity contribution in [1.82, 2.24) is 20.3 Å². The average molecular weight is 462 g/mol. The molecule has 1 aliphatic rings. The summed E-state index contributed by atoms with van der Waals surface area (Å²) in [6, 6.07) is 3.74. The van der Waals surface area contributed by atoms with Crippen LogP contribution in [0, 0.1) is 5.92 Å². The number of hydrogen-bond acceptors (Lipinski definition) is 5. The van der Waals surface area contributed by atoms with Gasteiger partial charge in [-0.2, -0.15) is 0 Å². The van der Waals surface area contributed by atoms with E-state index in [4.69, 9.17) is 27.9 Å². The van der Waals surface area contributed by atoms with Crippen molar-refractivity contribution < 1.29 is 9.53 Å². The number of imidazole rings is 1. The molecule has 0 saturated heterocycles. The van der Waals surface area contributed by atoms with Crippen LogP contribution in [0.25, 0.3) is 11.0 Å². The van der Waals surface area contributed by atoms with E-state index in [0.717, 1.165) is 37.1 Å². The number of aromatic amines is 1. The number of rotatable bonds is 6. The molecular formula is C22H25Cl2N5O2. The third-order valence-corrected chi connectivity index (χ3v) is 6.15. The smallest absolute Gasteiger partial charge is 0.255 e. The molecule has 3 N–H and O–H groups in total. The molecule has 7 nitrogen and oxygen atoms in total. The number of nitrogens with zero attached hydrogens (tertiary/aromatic N) is 2. The minimum Gasteiger partial charge on any atom is -0.493 e. The Hall–Kier alpha value is -2.51. The van der Waals surface area contributed by atoms with Gasteiger partial charge in [-0.1, -0.05) is 30.1 Å². The van der Waals surface area contributed by atoms with Crippen LogP contribution in [0.1, 0.15) is 49.9 Å². The monoisotopic (exact) mass is 461 g/mol. The van der Waals surface area contributed by atoms with E-state index in [-0.39, 0.29) is 11.9 Å². The summed E-state index contributed by atoms with van der Waals surface area (Å²) in [5, 5.41) is 7.01. The topological polar surface area (TPSA) is 91.9 Å². The molecule has 2 heterocycles. The fraction of sp³-hybridized carbons (Fsp3) is 0.409. The van der Waals surface area contributed by atoms with Gasteiger partial charge in [-0.15, -0.1) is 0 Å². The maximum absolute atomic E-state index is 13.0. The van der Waals surface area contributed by atoms with Gasteiger partial charge >= 0.3 is 0 Å². The Kier molecular flexibility index (Phi) is 6.53. The molecule has 164 valence electrons. The second-order valence-electron chi connectivity index (χ2n) is 7.92. The van der Waals surface area contributed by atoms with Gasteiger partial charge in [-0.05, 0) is 44.6 Å². The number of anilines is 2. The number of carbonyl (C=O) groups excluding carboxylic acids is 1. The molecule has 0 spiro atoms. The zero-order valence-electron chi connectivity index (χ0n) is 17.5. The number of fused-ring (bicyclic) bond motifs is 1. The number of halogens is 2. The number of amides is 1. The van der Waals surface area contributed by atoms with E-state index in [1.807, 2.05) is 6.92 Å². The Bertz CT molecular complexity index is 1070. The van der Waals surface area contributed by atoms with Crippen molar-refractivity contribution in [3.05, 3.63) is 40.1 Å². The maximum Gasteiger partial charge on any atom is 0.255 e. The van der Waals surface area contributed by atoms with E-state index in [2.05, 4.69) is 32.5 Å². The molecule has 1 amide bonds. The largest absolute Gasteiger partial charge is 0.493 e. The van der Waals surface area contributed by atoms with E-state index in [0.29, 0.717) is 45.1 Å². The first-order valence-corrected chi connectivity index (χ1v) is 11.2. The van der Waals surface area contributed by atoms with Crippen LogP contribution in [0.3, 0.4) is 0 Å². The highest BCUT2D eigenvalue weighted by molar-refractivity contribution is 6.39. The summed E-state index contributed by atoms with van der Waals surface area (Å²) < 4.78 is 5.76. The molecule has 1 saturated carbocycles. The van der Waals surface area contributed by atoms with Crippen LogP contribution in [-0.4, -0.2) is 33.5 Å². The molecule has 0 aliphatic heterocycles. The Morgan fingerprint density at radius 3 is 2.58 bits per heavy atom. The van der Waals surface area contributed by atoms with Crippen molar-refractivity contribution in [1.29, 1.82) is 0 Å². The number of hydrogen-bond donors (Lipinski definition) is 3. The number of pyridine rings is 1. The average Bonchev–Trinajstić information content (AvgIpc) is 3.13. The highest BCUT2D eigenvalue weighted by Gasteiger charge is 2.23. The number of benzene rings is 1. The zero-order chi connectivity index (χ0) is 22.0. The lowest BCUT2D eigenvalue weighted by Crippen LogP contribution is -2.37. The Labute approximate surface area is 190 Å². The molecule has 1 aromatic carbocycles. The van der Waals surface area contributed by atoms with Gasteiger partial charge in [-0.3, -0.25) is 9.78 Å². The summed E-state index contributed by atoms with van der Waals surface area (Å²) in [6.07, 6.45) is 7.28. The fourth-order valence-electron chi connectivity index (χ4n) is 3.87. The molecule has 0 atom stereocenters. The van der Waals surface area contributed by atoms with Crippen LogP contribution in [0.4, 0.5) is 11.6 Å². The molecule has 0 radical (unpaired) electrons. The standard InChI is InChI=1S/C22H25Cl2N5O2/c1-3-31-19-9-18-17(8-14(19)21(30)26-13-6-4-12(2)5-7-13)27-22(28-18)29-20-15(23)10-25-11-16(20)24/h8-13H,3-7H2,1-2H3,(H,26,30)(H2,25,27,28,29)/t12-,13-. The van der Waals surface area contributed by atoms with Gasteiger partial charge in [-0.25, -0.2) is 4.98 Å². The fourth-order valence-corrected chi connectivity index (χ4v) is 4.32. The van der Waals surface area contributed by atoms with Crippen molar-refractivity contribution in [2.24, 2.45) is 5.92 Å². The summed E-state index contributed by atoms with van der Waals surface area (Å²) in [7, 11) is 0. The van der Waals surface area contributed by atoms with Gasteiger partial charge in [0.2, 0.25) is 5.95 Å². The molecule has 0 bridgehead atoms. The second-order valence-corrected chi connectivity index (χ2v) is 8.73. The molecule has 0 unspecified atom stereocenters. The summed E-state index contributed by atoms with van der Waals surface area (Å²) in [5.74, 6) is 1.56. The number of ether oxygens (including phenoxy) is 1. The Morgan fingerprint density at radius 1 is 1.19 bits per heavy atom. The minimum atomic E-state index is -0.136. The number of aromatic nitrogens is 3. The van der Waals surface area contributed by atoms with Gasteiger partial charge in [0.25, 0.3) is 5.91 Å². The summed E-state index contributed by atoms with van der Waals surface area (Å²) in [4.78, 5) is 24.7. The molecular weight excluding hydrogens is 437 g/mol. The third kappa shape index (κ3) is 4.88. The Morgan fingerprint density at radius 2 is 1.90 bits per heavy atom. The first-order chi connectivity index (χ1) is 14.9. The number of carbonyl (C=O) groups is 1. The van der Waals surface area contributed by atoms with Crippen molar-refractivity contribution >= 4 is 51.8 Å². The van der Waals surface area contributed by atoms with Gasteiger partial charge in [0.15, 0.2) is 0 Å². The van der Waals surface area contributed by atoms with E-state index in [1.54, 1.807) is 12.1 Å². The number of nitrogens with one attached hydrogen (secondary N) is 3. The van der Waals surface area contributed by atoms with Gasteiger partial charge in [0.1, 0.15) is 5.75 Å². The first kappa shape index (κ1) is 21.7. The third-order valence-electron chi connectivity index (χ3n) is 5.58. The van der Waals surface area contributed by atoms with Crippen LogP contribution < -0.4 is 15.4 Å². The molecule has 9 heteroatoms. The summed E-state index contributed by atoms with van der Waals surface area (Å²) in [5.41, 5.74) is 2.35. The summed E-state index contributed by atoms with van der Waals surface area (Å²) >= 11 is 12.4. The quantitative estimate of drug-likeness (QED) is 0.436. The molecule has 1 fully saturated rings. The lowest BCUT2D eigenvalue weighted by molar-refractivity contribution is 0.0919. The second kappa shape index (κ2) is 9.32. The van der Waals surface area contributed by atoms with E-state index in [1.165, 1.54) is 12.4 Å². The predicted molar refractivity (Wildman–Crippen MR) is 124 cm³/mol. The van der Waals surface area contributed by atoms with Crippen LogP contribution in [0.15, 0.2) is 24.5 Å². The van der Waals surface area contributed by atoms with Crippen molar-refractivity contribution in [3.63, 3.8) is 0 Å². The highest BCUT2D eigenvalue weighted by Crippen LogP contribution is 2.33. The van der Waals surface area contributed by atoms with Crippen LogP contribution in [0.5, 0.6) is 5.75 Å². The van der Waals surface area contributed by atoms with Crippen LogP contribution >= 0.6 is 23.2 Å². The molecule has 4 rings (SSSR count). The van der Waals surface area contributed by atoms with Gasteiger partial charge in [0, 0.05) is 24.5 Å². The lowest BCUT2D eigenvalue weighted by Gasteiger charge is -2.27. The minimum absolute atomic E-state index is 0.136. The van der Waals surface area contributed by atoms with Crippen molar-refractivity contribution in [3.8, 4) is 5.75 Å². The van der Waals surface area contributed by atoms with Crippen LogP contribution in [0.2, 0.25) is 10.0 Å². The number of H-pyrrole nitrogens is 1. The van der Waals surface area contributed by atoms with E-state index >= 15 is 0 Å². The maximum atomic E-state index is 13.0. The lowest BCUT2D eigenvalue weighted by atomic mass is 9.87. The molecule has 3 aromatic rings. The SMILES string of the molecule is CCOc1cc2[nH]c(Nc3c(Cl)cncc3Cl)nc2cc1C(=O)N[C@H]1CC[C@H](C)CC1. The zero-order valence-corrected chi connectivity index (χ0v) is 19.0. The molecule has 1 aliphatic carbocycles. The van der Waals surface area contributed by atoms with E-state index < -0.39 is 0 Å². The predicted octanol–water partition coefficient (Wildman–Crippen LogP) is 5.72. The van der Waals surface area contributed by atoms with Gasteiger partial charge in [0.05, 0.1) is 38.9 Å². The first-order valence-electron chi connectivity index (χ1n) is 10.5. The van der Waals surface area contributed by atoms with Crippen molar-refractivity contribution in [2.75, 3.05) is 11.9 Å². The highest BCUT2D eigenvalue weighted by atomic mass is 35.5.